The monoisotopic (exact) mass is 425 g/mol. The first-order valence-corrected chi connectivity index (χ1v) is 8.78. The van der Waals surface area contributed by atoms with E-state index in [9.17, 15) is 14.3 Å². The van der Waals surface area contributed by atoms with Crippen molar-refractivity contribution in [3.05, 3.63) is 57.0 Å². The van der Waals surface area contributed by atoms with Gasteiger partial charge in [-0.1, -0.05) is 23.4 Å². The molecule has 2 aromatic heterocycles. The van der Waals surface area contributed by atoms with Gasteiger partial charge in [0.25, 0.3) is 0 Å². The molecule has 3 aromatic rings. The summed E-state index contributed by atoms with van der Waals surface area (Å²) in [7, 11) is 0. The van der Waals surface area contributed by atoms with E-state index in [4.69, 9.17) is 4.52 Å². The number of nitrogens with one attached hydrogen (secondary N) is 1. The van der Waals surface area contributed by atoms with Crippen LogP contribution in [0.15, 0.2) is 38.9 Å². The molecule has 2 N–H and O–H groups in total. The fourth-order valence-electron chi connectivity index (χ4n) is 2.83. The molecule has 0 aliphatic carbocycles. The number of rotatable bonds is 4. The molecule has 130 valence electrons. The van der Waals surface area contributed by atoms with Crippen molar-refractivity contribution in [3.8, 4) is 10.6 Å². The Hall–Kier alpha value is -2.26. The summed E-state index contributed by atoms with van der Waals surface area (Å²) in [6.45, 7) is 3.26. The zero-order chi connectivity index (χ0) is 18.2. The smallest absolute Gasteiger partial charge is 0.405 e. The van der Waals surface area contributed by atoms with Crippen molar-refractivity contribution in [2.45, 2.75) is 19.4 Å². The average Bonchev–Trinajstić information content (AvgIpc) is 3.13. The third kappa shape index (κ3) is 3.16. The van der Waals surface area contributed by atoms with E-state index in [1.54, 1.807) is 32.2 Å². The van der Waals surface area contributed by atoms with Gasteiger partial charge in [0.15, 0.2) is 9.68 Å². The number of carboxylic acid groups (broad SMARTS) is 1. The maximum Gasteiger partial charge on any atom is 0.405 e. The number of carbonyl (C=O) groups is 1. The van der Waals surface area contributed by atoms with Crippen LogP contribution in [0.25, 0.3) is 10.6 Å². The molecule has 1 aromatic carbocycles. The van der Waals surface area contributed by atoms with Crippen LogP contribution in [0.2, 0.25) is 0 Å². The molecule has 0 aliphatic heterocycles. The van der Waals surface area contributed by atoms with Gasteiger partial charge in [-0.2, -0.15) is 0 Å². The number of thiazole rings is 1. The van der Waals surface area contributed by atoms with E-state index in [0.29, 0.717) is 25.8 Å². The van der Waals surface area contributed by atoms with Crippen molar-refractivity contribution in [2.75, 3.05) is 0 Å². The van der Waals surface area contributed by atoms with Crippen LogP contribution in [0, 0.1) is 12.7 Å². The second-order valence-corrected chi connectivity index (χ2v) is 7.79. The quantitative estimate of drug-likeness (QED) is 0.640. The van der Waals surface area contributed by atoms with Crippen molar-refractivity contribution in [1.82, 2.24) is 15.5 Å². The van der Waals surface area contributed by atoms with Crippen LogP contribution in [-0.2, 0) is 5.54 Å². The van der Waals surface area contributed by atoms with Gasteiger partial charge in [-0.25, -0.2) is 14.2 Å². The first-order valence-electron chi connectivity index (χ1n) is 7.17. The summed E-state index contributed by atoms with van der Waals surface area (Å²) in [6, 6.07) is 6.00. The first-order chi connectivity index (χ1) is 11.8. The summed E-state index contributed by atoms with van der Waals surface area (Å²) in [6.07, 6.45) is 0.295. The van der Waals surface area contributed by atoms with Gasteiger partial charge in [-0.05, 0) is 35.8 Å². The summed E-state index contributed by atoms with van der Waals surface area (Å²) < 4.78 is 20.6. The van der Waals surface area contributed by atoms with Crippen molar-refractivity contribution in [2.24, 2.45) is 0 Å². The molecule has 1 amide bonds. The Morgan fingerprint density at radius 3 is 2.76 bits per heavy atom. The summed E-state index contributed by atoms with van der Waals surface area (Å²) in [5.74, 6) is -0.184. The number of aryl methyl sites for hydroxylation is 1. The van der Waals surface area contributed by atoms with Crippen LogP contribution < -0.4 is 5.32 Å². The number of halogens is 2. The molecule has 1 unspecified atom stereocenters. The van der Waals surface area contributed by atoms with Gasteiger partial charge >= 0.3 is 6.09 Å². The maximum atomic E-state index is 14.5. The fourth-order valence-corrected chi connectivity index (χ4v) is 4.08. The maximum absolute atomic E-state index is 14.5. The zero-order valence-corrected chi connectivity index (χ0v) is 15.6. The van der Waals surface area contributed by atoms with Crippen molar-refractivity contribution >= 4 is 33.4 Å². The van der Waals surface area contributed by atoms with E-state index in [1.807, 2.05) is 0 Å². The highest BCUT2D eigenvalue weighted by Gasteiger charge is 2.40. The number of hydrogen-bond acceptors (Lipinski definition) is 5. The Kier molecular flexibility index (Phi) is 4.61. The van der Waals surface area contributed by atoms with Crippen molar-refractivity contribution < 1.29 is 18.8 Å². The summed E-state index contributed by atoms with van der Waals surface area (Å²) in [5.41, 5.74) is -0.323. The topological polar surface area (TPSA) is 88.3 Å². The number of hydrogen-bond donors (Lipinski definition) is 2. The number of nitrogens with zero attached hydrogens (tertiary/aromatic N) is 2. The summed E-state index contributed by atoms with van der Waals surface area (Å²) in [4.78, 5) is 16.2. The molecule has 0 radical (unpaired) electrons. The van der Waals surface area contributed by atoms with Crippen molar-refractivity contribution in [1.29, 1.82) is 0 Å². The normalized spacial score (nSPS) is 13.4. The summed E-state index contributed by atoms with van der Waals surface area (Å²) in [5, 5.41) is 15.7. The minimum absolute atomic E-state index is 0.175. The van der Waals surface area contributed by atoms with E-state index in [2.05, 4.69) is 31.4 Å². The molecule has 6 nitrogen and oxygen atoms in total. The third-order valence-electron chi connectivity index (χ3n) is 3.83. The highest BCUT2D eigenvalue weighted by atomic mass is 79.9. The molecule has 25 heavy (non-hydrogen) atoms. The molecule has 9 heteroatoms. The van der Waals surface area contributed by atoms with Gasteiger partial charge in [-0.3, -0.25) is 0 Å². The van der Waals surface area contributed by atoms with E-state index in [0.717, 1.165) is 0 Å². The number of aromatic nitrogens is 2. The lowest BCUT2D eigenvalue weighted by Gasteiger charge is -2.30. The van der Waals surface area contributed by atoms with E-state index in [1.165, 1.54) is 23.5 Å². The molecule has 2 heterocycles. The van der Waals surface area contributed by atoms with Gasteiger partial charge in [0.05, 0.1) is 27.9 Å². The Morgan fingerprint density at radius 2 is 2.16 bits per heavy atom. The van der Waals surface area contributed by atoms with Crippen LogP contribution in [0.3, 0.4) is 0 Å². The van der Waals surface area contributed by atoms with E-state index < -0.39 is 17.4 Å². The van der Waals surface area contributed by atoms with Gasteiger partial charge in [0.1, 0.15) is 5.82 Å². The Labute approximate surface area is 154 Å². The fraction of sp³-hybridized carbons (Fsp3) is 0.188. The summed E-state index contributed by atoms with van der Waals surface area (Å²) >= 11 is 4.59. The van der Waals surface area contributed by atoms with Crippen LogP contribution >= 0.6 is 27.3 Å². The highest BCUT2D eigenvalue weighted by Crippen LogP contribution is 2.41. The Bertz CT molecular complexity index is 942. The molecule has 0 spiro atoms. The largest absolute Gasteiger partial charge is 0.465 e. The highest BCUT2D eigenvalue weighted by molar-refractivity contribution is 9.11. The Balaban J connectivity index is 2.27. The van der Waals surface area contributed by atoms with Gasteiger partial charge in [-0.15, -0.1) is 11.3 Å². The van der Waals surface area contributed by atoms with Crippen LogP contribution in [-0.4, -0.2) is 21.3 Å². The van der Waals surface area contributed by atoms with Crippen LogP contribution in [0.1, 0.15) is 23.7 Å². The van der Waals surface area contributed by atoms with Gasteiger partial charge in [0, 0.05) is 5.56 Å². The molecule has 0 fully saturated rings. The van der Waals surface area contributed by atoms with Crippen LogP contribution in [0.4, 0.5) is 9.18 Å². The lowest BCUT2D eigenvalue weighted by atomic mass is 9.82. The van der Waals surface area contributed by atoms with E-state index >= 15 is 0 Å². The first kappa shape index (κ1) is 17.6. The SMILES string of the molecule is Cc1noc(-c2cnc(Br)s2)c1C(C)(NC(=O)O)c1ccccc1F. The third-order valence-corrected chi connectivity index (χ3v) is 5.31. The minimum atomic E-state index is -1.40. The lowest BCUT2D eigenvalue weighted by molar-refractivity contribution is 0.184. The van der Waals surface area contributed by atoms with E-state index in [-0.39, 0.29) is 5.56 Å². The predicted molar refractivity (Wildman–Crippen MR) is 94.1 cm³/mol. The molecule has 0 saturated carbocycles. The standard InChI is InChI=1S/C16H13BrFN3O3S/c1-8-12(13(24-21-8)11-7-19-14(17)25-11)16(2,20-15(22)23)9-5-3-4-6-10(9)18/h3-7,20H,1-2H3,(H,22,23). The second kappa shape index (κ2) is 6.57. The molecule has 3 rings (SSSR count). The van der Waals surface area contributed by atoms with Crippen molar-refractivity contribution in [3.63, 3.8) is 0 Å². The van der Waals surface area contributed by atoms with Gasteiger partial charge in [0.2, 0.25) is 0 Å². The van der Waals surface area contributed by atoms with Crippen LogP contribution in [0.5, 0.6) is 0 Å². The Morgan fingerprint density at radius 1 is 1.44 bits per heavy atom. The molecule has 0 saturated heterocycles. The molecular formula is C16H13BrFN3O3S. The molecule has 0 bridgehead atoms. The second-order valence-electron chi connectivity index (χ2n) is 5.48. The number of amides is 1. The molecule has 1 atom stereocenters. The predicted octanol–water partition coefficient (Wildman–Crippen LogP) is 4.54. The average molecular weight is 426 g/mol. The van der Waals surface area contributed by atoms with Gasteiger partial charge < -0.3 is 14.9 Å². The molecule has 0 aliphatic rings. The lowest BCUT2D eigenvalue weighted by Crippen LogP contribution is -2.45. The molecular weight excluding hydrogens is 413 g/mol. The number of benzene rings is 1. The zero-order valence-electron chi connectivity index (χ0n) is 13.2. The minimum Gasteiger partial charge on any atom is -0.465 e.